The molecule has 9 heteroatoms. The van der Waals surface area contributed by atoms with Crippen molar-refractivity contribution >= 4 is 27.3 Å². The summed E-state index contributed by atoms with van der Waals surface area (Å²) in [6, 6.07) is 10.4. The lowest BCUT2D eigenvalue weighted by molar-refractivity contribution is -0.150. The number of esters is 1. The molecule has 1 atom stereocenters. The van der Waals surface area contributed by atoms with Crippen molar-refractivity contribution in [3.05, 3.63) is 64.9 Å². The van der Waals surface area contributed by atoms with Crippen molar-refractivity contribution in [2.24, 2.45) is 0 Å². The van der Waals surface area contributed by atoms with E-state index in [0.29, 0.717) is 11.6 Å². The molecule has 0 spiro atoms. The molecule has 0 fully saturated rings. The Labute approximate surface area is 173 Å². The second-order valence-corrected chi connectivity index (χ2v) is 9.82. The molecule has 4 rings (SSSR count). The van der Waals surface area contributed by atoms with Gasteiger partial charge in [0.25, 0.3) is 0 Å². The lowest BCUT2D eigenvalue weighted by atomic mass is 9.96. The van der Waals surface area contributed by atoms with Crippen molar-refractivity contribution in [2.75, 3.05) is 5.75 Å². The van der Waals surface area contributed by atoms with Crippen molar-refractivity contribution in [2.45, 2.75) is 32.5 Å². The fourth-order valence-electron chi connectivity index (χ4n) is 3.29. The Morgan fingerprint density at radius 3 is 2.79 bits per heavy atom. The fraction of sp³-hybridized carbons (Fsp3) is 0.300. The largest absolute Gasteiger partial charge is 0.458 e. The minimum atomic E-state index is -3.57. The van der Waals surface area contributed by atoms with Gasteiger partial charge >= 0.3 is 5.97 Å². The maximum atomic E-state index is 12.8. The zero-order valence-electron chi connectivity index (χ0n) is 15.8. The van der Waals surface area contributed by atoms with Gasteiger partial charge in [-0.15, -0.1) is 11.3 Å². The second kappa shape index (κ2) is 8.10. The maximum absolute atomic E-state index is 12.8. The third-order valence-corrected chi connectivity index (χ3v) is 7.53. The average Bonchev–Trinajstić information content (AvgIpc) is 3.42. The number of ether oxygens (including phenoxy) is 1. The van der Waals surface area contributed by atoms with Crippen LogP contribution in [0.15, 0.2) is 52.5 Å². The van der Waals surface area contributed by atoms with Crippen LogP contribution in [0.2, 0.25) is 0 Å². The third-order valence-electron chi connectivity index (χ3n) is 4.85. The number of nitrogens with zero attached hydrogens (tertiary/aromatic N) is 2. The van der Waals surface area contributed by atoms with Crippen LogP contribution in [0.25, 0.3) is 10.8 Å². The SMILES string of the molecule is CCS(=O)(=O)N1Cc2ccccc2CC1C(=O)OCc1coc(-c2cccs2)n1. The molecule has 3 aromatic rings. The summed E-state index contributed by atoms with van der Waals surface area (Å²) in [7, 11) is -3.57. The molecule has 29 heavy (non-hydrogen) atoms. The van der Waals surface area contributed by atoms with Gasteiger partial charge in [0.15, 0.2) is 0 Å². The van der Waals surface area contributed by atoms with Gasteiger partial charge in [-0.05, 0) is 29.5 Å². The maximum Gasteiger partial charge on any atom is 0.325 e. The number of sulfonamides is 1. The molecule has 3 heterocycles. The summed E-state index contributed by atoms with van der Waals surface area (Å²) < 4.78 is 37.3. The molecule has 1 aliphatic heterocycles. The summed E-state index contributed by atoms with van der Waals surface area (Å²) in [5, 5.41) is 1.92. The van der Waals surface area contributed by atoms with Gasteiger partial charge in [-0.25, -0.2) is 13.4 Å². The molecule has 0 bridgehead atoms. The smallest absolute Gasteiger partial charge is 0.325 e. The van der Waals surface area contributed by atoms with Crippen molar-refractivity contribution in [3.8, 4) is 10.8 Å². The Bertz CT molecular complexity index is 1110. The number of rotatable bonds is 6. The predicted octanol–water partition coefficient (Wildman–Crippen LogP) is 3.22. The first-order valence-electron chi connectivity index (χ1n) is 9.19. The molecule has 152 valence electrons. The molecular weight excluding hydrogens is 412 g/mol. The van der Waals surface area contributed by atoms with Crippen LogP contribution in [-0.2, 0) is 39.1 Å². The Morgan fingerprint density at radius 1 is 1.28 bits per heavy atom. The third kappa shape index (κ3) is 4.12. The molecule has 0 saturated heterocycles. The van der Waals surface area contributed by atoms with Gasteiger partial charge in [0.05, 0.1) is 10.6 Å². The molecule has 0 amide bonds. The van der Waals surface area contributed by atoms with E-state index >= 15 is 0 Å². The summed E-state index contributed by atoms with van der Waals surface area (Å²) in [6.07, 6.45) is 1.73. The zero-order chi connectivity index (χ0) is 20.4. The molecule has 0 radical (unpaired) electrons. The van der Waals surface area contributed by atoms with Crippen LogP contribution in [0.4, 0.5) is 0 Å². The van der Waals surface area contributed by atoms with E-state index in [2.05, 4.69) is 4.98 Å². The van der Waals surface area contributed by atoms with Gasteiger partial charge in [-0.3, -0.25) is 4.79 Å². The van der Waals surface area contributed by atoms with Gasteiger partial charge in [-0.2, -0.15) is 4.31 Å². The summed E-state index contributed by atoms with van der Waals surface area (Å²) in [5.41, 5.74) is 2.34. The van der Waals surface area contributed by atoms with Gasteiger partial charge in [0, 0.05) is 13.0 Å². The van der Waals surface area contributed by atoms with Crippen LogP contribution in [0.1, 0.15) is 23.7 Å². The normalized spacial score (nSPS) is 17.1. The Hall–Kier alpha value is -2.49. The van der Waals surface area contributed by atoms with E-state index < -0.39 is 22.0 Å². The quantitative estimate of drug-likeness (QED) is 0.556. The van der Waals surface area contributed by atoms with E-state index in [0.717, 1.165) is 16.0 Å². The van der Waals surface area contributed by atoms with E-state index in [1.807, 2.05) is 41.8 Å². The predicted molar refractivity (Wildman–Crippen MR) is 109 cm³/mol. The molecule has 1 aliphatic rings. The van der Waals surface area contributed by atoms with E-state index in [1.54, 1.807) is 6.92 Å². The van der Waals surface area contributed by atoms with Crippen LogP contribution in [-0.4, -0.2) is 35.5 Å². The lowest BCUT2D eigenvalue weighted by Crippen LogP contribution is -2.49. The van der Waals surface area contributed by atoms with Gasteiger partial charge < -0.3 is 9.15 Å². The molecule has 1 aromatic carbocycles. The van der Waals surface area contributed by atoms with Crippen molar-refractivity contribution in [1.82, 2.24) is 9.29 Å². The molecule has 7 nitrogen and oxygen atoms in total. The molecule has 0 saturated carbocycles. The zero-order valence-corrected chi connectivity index (χ0v) is 17.4. The Kier molecular flexibility index (Phi) is 5.53. The van der Waals surface area contributed by atoms with Gasteiger partial charge in [-0.1, -0.05) is 30.3 Å². The summed E-state index contributed by atoms with van der Waals surface area (Å²) in [6.45, 7) is 1.66. The molecule has 0 N–H and O–H groups in total. The van der Waals surface area contributed by atoms with Crippen molar-refractivity contribution in [1.29, 1.82) is 0 Å². The highest BCUT2D eigenvalue weighted by Crippen LogP contribution is 2.27. The van der Waals surface area contributed by atoms with E-state index in [9.17, 15) is 13.2 Å². The average molecular weight is 433 g/mol. The number of carbonyl (C=O) groups excluding carboxylic acids is 1. The first kappa shape index (κ1) is 19.8. The number of hydrogen-bond donors (Lipinski definition) is 0. The highest BCUT2D eigenvalue weighted by molar-refractivity contribution is 7.89. The number of benzene rings is 1. The van der Waals surface area contributed by atoms with Crippen LogP contribution < -0.4 is 0 Å². The van der Waals surface area contributed by atoms with Crippen molar-refractivity contribution < 1.29 is 22.4 Å². The Morgan fingerprint density at radius 2 is 2.07 bits per heavy atom. The number of aromatic nitrogens is 1. The number of carbonyl (C=O) groups is 1. The molecule has 1 unspecified atom stereocenters. The van der Waals surface area contributed by atoms with Crippen LogP contribution in [0.5, 0.6) is 0 Å². The summed E-state index contributed by atoms with van der Waals surface area (Å²) in [4.78, 5) is 18.0. The topological polar surface area (TPSA) is 89.7 Å². The van der Waals surface area contributed by atoms with Crippen LogP contribution in [0, 0.1) is 0 Å². The monoisotopic (exact) mass is 432 g/mol. The summed E-state index contributed by atoms with van der Waals surface area (Å²) >= 11 is 1.50. The standard InChI is InChI=1S/C20H20N2O5S2/c1-2-29(24,25)22-11-15-7-4-3-6-14(15)10-17(22)20(23)27-13-16-12-26-19(21-16)18-8-5-9-28-18/h3-9,12,17H,2,10-11,13H2,1H3. The second-order valence-electron chi connectivity index (χ2n) is 6.66. The highest BCUT2D eigenvalue weighted by atomic mass is 32.2. The van der Waals surface area contributed by atoms with E-state index in [4.69, 9.17) is 9.15 Å². The lowest BCUT2D eigenvalue weighted by Gasteiger charge is -2.34. The molecule has 0 aliphatic carbocycles. The van der Waals surface area contributed by atoms with Crippen LogP contribution >= 0.6 is 11.3 Å². The van der Waals surface area contributed by atoms with E-state index in [-0.39, 0.29) is 25.3 Å². The first-order chi connectivity index (χ1) is 14.0. The minimum Gasteiger partial charge on any atom is -0.458 e. The Balaban J connectivity index is 1.50. The number of oxazole rings is 1. The van der Waals surface area contributed by atoms with Gasteiger partial charge in [0.2, 0.25) is 15.9 Å². The number of fused-ring (bicyclic) bond motifs is 1. The summed E-state index contributed by atoms with van der Waals surface area (Å²) in [5.74, 6) is -0.197. The first-order valence-corrected chi connectivity index (χ1v) is 11.7. The van der Waals surface area contributed by atoms with E-state index in [1.165, 1.54) is 21.9 Å². The number of thiophene rings is 1. The molecule has 2 aromatic heterocycles. The van der Waals surface area contributed by atoms with Crippen LogP contribution in [0.3, 0.4) is 0 Å². The highest BCUT2D eigenvalue weighted by Gasteiger charge is 2.39. The minimum absolute atomic E-state index is 0.0770. The number of hydrogen-bond acceptors (Lipinski definition) is 7. The fourth-order valence-corrected chi connectivity index (χ4v) is 5.16. The molecular formula is C20H20N2O5S2. The van der Waals surface area contributed by atoms with Gasteiger partial charge in [0.1, 0.15) is 24.6 Å². The van der Waals surface area contributed by atoms with Crippen molar-refractivity contribution in [3.63, 3.8) is 0 Å².